The summed E-state index contributed by atoms with van der Waals surface area (Å²) in [5.74, 6) is -1.22. The van der Waals surface area contributed by atoms with E-state index in [1.165, 1.54) is 6.42 Å². The van der Waals surface area contributed by atoms with Crippen LogP contribution in [0.15, 0.2) is 0 Å². The first-order chi connectivity index (χ1) is 14.4. The van der Waals surface area contributed by atoms with Crippen LogP contribution in [0.3, 0.4) is 0 Å². The maximum atomic E-state index is 11.9. The highest BCUT2D eigenvalue weighted by Gasteiger charge is 2.19. The summed E-state index contributed by atoms with van der Waals surface area (Å²) >= 11 is 0. The van der Waals surface area contributed by atoms with E-state index in [9.17, 15) is 18.0 Å². The Morgan fingerprint density at radius 3 is 2.07 bits per heavy atom. The first-order valence-electron chi connectivity index (χ1n) is 11.3. The molecule has 0 bridgehead atoms. The molecule has 0 aromatic carbocycles. The molecule has 0 heterocycles. The molecule has 30 heavy (non-hydrogen) atoms. The van der Waals surface area contributed by atoms with Crippen molar-refractivity contribution < 1.29 is 36.4 Å². The fraction of sp³-hybridized carbons (Fsp3) is 0.905. The molecule has 2 saturated carbocycles. The maximum absolute atomic E-state index is 11.9. The third-order valence-electron chi connectivity index (χ3n) is 5.48. The van der Waals surface area contributed by atoms with E-state index in [0.29, 0.717) is 6.42 Å². The normalized spacial score (nSPS) is 18.8. The summed E-state index contributed by atoms with van der Waals surface area (Å²) in [6, 6.07) is 0. The van der Waals surface area contributed by atoms with Crippen molar-refractivity contribution in [2.45, 2.75) is 95.7 Å². The molecule has 0 aromatic heterocycles. The number of rotatable bonds is 13. The third kappa shape index (κ3) is 11.3. The monoisotopic (exact) mass is 448 g/mol. The van der Waals surface area contributed by atoms with Crippen molar-refractivity contribution >= 4 is 22.1 Å². The Labute approximate surface area is 180 Å². The van der Waals surface area contributed by atoms with Crippen molar-refractivity contribution in [3.63, 3.8) is 0 Å². The maximum Gasteiger partial charge on any atom is 0.344 e. The highest BCUT2D eigenvalue weighted by molar-refractivity contribution is 7.86. The summed E-state index contributed by atoms with van der Waals surface area (Å²) in [7, 11) is -3.63. The van der Waals surface area contributed by atoms with E-state index in [0.717, 1.165) is 57.8 Å². The third-order valence-corrected chi connectivity index (χ3v) is 6.79. The summed E-state index contributed by atoms with van der Waals surface area (Å²) in [5, 5.41) is 0. The highest BCUT2D eigenvalue weighted by atomic mass is 32.2. The van der Waals surface area contributed by atoms with Gasteiger partial charge in [0, 0.05) is 6.42 Å². The summed E-state index contributed by atoms with van der Waals surface area (Å²) in [6.45, 7) is -0.102. The van der Waals surface area contributed by atoms with Gasteiger partial charge in [0.25, 0.3) is 10.1 Å². The second-order valence-corrected chi connectivity index (χ2v) is 9.84. The molecule has 0 atom stereocenters. The van der Waals surface area contributed by atoms with Gasteiger partial charge >= 0.3 is 11.9 Å². The zero-order valence-electron chi connectivity index (χ0n) is 17.8. The van der Waals surface area contributed by atoms with Crippen LogP contribution in [-0.2, 0) is 38.1 Å². The van der Waals surface area contributed by atoms with Gasteiger partial charge in [0.15, 0.2) is 6.61 Å². The molecule has 0 spiro atoms. The van der Waals surface area contributed by atoms with Gasteiger partial charge in [-0.2, -0.15) is 8.42 Å². The van der Waals surface area contributed by atoms with Crippen LogP contribution in [0.1, 0.15) is 83.5 Å². The molecular weight excluding hydrogens is 412 g/mol. The average Bonchev–Trinajstić information content (AvgIpc) is 2.74. The molecule has 2 fully saturated rings. The number of unbranched alkanes of at least 4 members (excludes halogenated alkanes) is 1. The first kappa shape index (κ1) is 25.1. The van der Waals surface area contributed by atoms with Crippen LogP contribution < -0.4 is 0 Å². The molecule has 2 rings (SSSR count). The van der Waals surface area contributed by atoms with Crippen LogP contribution in [-0.4, -0.2) is 58.1 Å². The van der Waals surface area contributed by atoms with Crippen LogP contribution in [0.5, 0.6) is 0 Å². The molecule has 9 heteroatoms. The molecule has 2 aliphatic carbocycles. The van der Waals surface area contributed by atoms with E-state index >= 15 is 0 Å². The molecule has 8 nitrogen and oxygen atoms in total. The fourth-order valence-corrected chi connectivity index (χ4v) is 4.83. The van der Waals surface area contributed by atoms with Gasteiger partial charge in [-0.3, -0.25) is 8.98 Å². The van der Waals surface area contributed by atoms with E-state index in [1.807, 2.05) is 0 Å². The predicted molar refractivity (Wildman–Crippen MR) is 110 cm³/mol. The Hall–Kier alpha value is -1.19. The molecule has 2 aliphatic rings. The Morgan fingerprint density at radius 2 is 1.40 bits per heavy atom. The van der Waals surface area contributed by atoms with Crippen molar-refractivity contribution in [3.8, 4) is 0 Å². The zero-order valence-corrected chi connectivity index (χ0v) is 18.7. The van der Waals surface area contributed by atoms with E-state index in [-0.39, 0.29) is 44.0 Å². The quantitative estimate of drug-likeness (QED) is 0.240. The second kappa shape index (κ2) is 14.0. The lowest BCUT2D eigenvalue weighted by atomic mass is 9.98. The van der Waals surface area contributed by atoms with Crippen molar-refractivity contribution in [2.75, 3.05) is 25.6 Å². The lowest BCUT2D eigenvalue weighted by Gasteiger charge is -2.21. The van der Waals surface area contributed by atoms with Crippen molar-refractivity contribution in [1.29, 1.82) is 0 Å². The Morgan fingerprint density at radius 1 is 0.767 bits per heavy atom. The predicted octanol–water partition coefficient (Wildman–Crippen LogP) is 3.27. The van der Waals surface area contributed by atoms with Crippen LogP contribution >= 0.6 is 0 Å². The number of esters is 2. The number of hydrogen-bond donors (Lipinski definition) is 0. The summed E-state index contributed by atoms with van der Waals surface area (Å²) in [4.78, 5) is 23.4. The highest BCUT2D eigenvalue weighted by Crippen LogP contribution is 2.21. The average molecular weight is 449 g/mol. The molecule has 0 saturated heterocycles. The zero-order chi connectivity index (χ0) is 21.7. The fourth-order valence-electron chi connectivity index (χ4n) is 3.83. The van der Waals surface area contributed by atoms with Crippen LogP contribution in [0.2, 0.25) is 0 Å². The van der Waals surface area contributed by atoms with Gasteiger partial charge in [0.05, 0.1) is 25.1 Å². The van der Waals surface area contributed by atoms with E-state index in [1.54, 1.807) is 0 Å². The van der Waals surface area contributed by atoms with Gasteiger partial charge in [0.1, 0.15) is 6.10 Å². The Balaban J connectivity index is 1.46. The summed E-state index contributed by atoms with van der Waals surface area (Å²) in [5.41, 5.74) is 0. The number of ether oxygens (including phenoxy) is 3. The Kier molecular flexibility index (Phi) is 11.7. The van der Waals surface area contributed by atoms with Crippen LogP contribution in [0.4, 0.5) is 0 Å². The lowest BCUT2D eigenvalue weighted by molar-refractivity contribution is -0.163. The smallest absolute Gasteiger partial charge is 0.344 e. The standard InChI is InChI=1S/C21H36O8S/c22-20(27-17-21(23)29-19-11-5-2-6-12-19)13-7-8-16-30(24,25)28-15-14-26-18-9-3-1-4-10-18/h18-19H,1-17H2. The Bertz CT molecular complexity index is 606. The first-order valence-corrected chi connectivity index (χ1v) is 12.9. The van der Waals surface area contributed by atoms with Gasteiger partial charge in [-0.15, -0.1) is 0 Å². The molecule has 174 valence electrons. The van der Waals surface area contributed by atoms with Crippen molar-refractivity contribution in [1.82, 2.24) is 0 Å². The number of carbonyl (C=O) groups is 2. The van der Waals surface area contributed by atoms with Crippen molar-refractivity contribution in [3.05, 3.63) is 0 Å². The summed E-state index contributed by atoms with van der Waals surface area (Å²) in [6.07, 6.45) is 11.5. The van der Waals surface area contributed by atoms with Gasteiger partial charge in [-0.25, -0.2) is 4.79 Å². The van der Waals surface area contributed by atoms with Gasteiger partial charge in [-0.05, 0) is 51.4 Å². The molecule has 0 aliphatic heterocycles. The van der Waals surface area contributed by atoms with Gasteiger partial charge in [-0.1, -0.05) is 25.7 Å². The van der Waals surface area contributed by atoms with Gasteiger partial charge < -0.3 is 14.2 Å². The van der Waals surface area contributed by atoms with E-state index < -0.39 is 28.7 Å². The van der Waals surface area contributed by atoms with Crippen LogP contribution in [0, 0.1) is 0 Å². The SMILES string of the molecule is O=C(CCCCS(=O)(=O)OCCOC1CCCCC1)OCC(=O)OC1CCCCC1. The lowest BCUT2D eigenvalue weighted by Crippen LogP contribution is -2.24. The minimum Gasteiger partial charge on any atom is -0.460 e. The molecule has 0 N–H and O–H groups in total. The minimum absolute atomic E-state index is 0.0178. The number of hydrogen-bond acceptors (Lipinski definition) is 8. The molecular formula is C21H36O8S. The van der Waals surface area contributed by atoms with Gasteiger partial charge in [0.2, 0.25) is 0 Å². The van der Waals surface area contributed by atoms with E-state index in [4.69, 9.17) is 18.4 Å². The molecule has 0 amide bonds. The van der Waals surface area contributed by atoms with Crippen molar-refractivity contribution in [2.24, 2.45) is 0 Å². The second-order valence-electron chi connectivity index (χ2n) is 8.08. The minimum atomic E-state index is -3.63. The topological polar surface area (TPSA) is 105 Å². The van der Waals surface area contributed by atoms with Crippen LogP contribution in [0.25, 0.3) is 0 Å². The molecule has 0 aromatic rings. The largest absolute Gasteiger partial charge is 0.460 e. The molecule has 0 unspecified atom stereocenters. The van der Waals surface area contributed by atoms with E-state index in [2.05, 4.69) is 0 Å². The summed E-state index contributed by atoms with van der Waals surface area (Å²) < 4.78 is 44.5. The number of carbonyl (C=O) groups excluding carboxylic acids is 2. The molecule has 0 radical (unpaired) electrons.